The van der Waals surface area contributed by atoms with Gasteiger partial charge < -0.3 is 9.47 Å². The SMILES string of the molecule is O=[N+]([O-])c1cccc(S(=O)(=O)NCCCCc2ccc3c(c2)OCCO3)c1. The number of unbranched alkanes of at least 4 members (excludes halogenated alkanes) is 1. The van der Waals surface area contributed by atoms with Crippen LogP contribution in [0.5, 0.6) is 11.5 Å². The minimum Gasteiger partial charge on any atom is -0.486 e. The summed E-state index contributed by atoms with van der Waals surface area (Å²) in [5.74, 6) is 1.49. The van der Waals surface area contributed by atoms with Crippen LogP contribution in [0, 0.1) is 10.1 Å². The van der Waals surface area contributed by atoms with Crippen molar-refractivity contribution in [3.63, 3.8) is 0 Å². The summed E-state index contributed by atoms with van der Waals surface area (Å²) >= 11 is 0. The molecule has 1 aliphatic heterocycles. The van der Waals surface area contributed by atoms with Crippen molar-refractivity contribution in [2.75, 3.05) is 19.8 Å². The predicted octanol–water partition coefficient (Wildman–Crippen LogP) is 2.67. The Kier molecular flexibility index (Phi) is 5.92. The van der Waals surface area contributed by atoms with E-state index in [0.717, 1.165) is 36.0 Å². The van der Waals surface area contributed by atoms with E-state index in [-0.39, 0.29) is 17.1 Å². The largest absolute Gasteiger partial charge is 0.486 e. The molecule has 3 rings (SSSR count). The maximum Gasteiger partial charge on any atom is 0.270 e. The topological polar surface area (TPSA) is 108 Å². The summed E-state index contributed by atoms with van der Waals surface area (Å²) in [5, 5.41) is 10.8. The predicted molar refractivity (Wildman–Crippen MR) is 98.7 cm³/mol. The number of hydrogen-bond acceptors (Lipinski definition) is 6. The van der Waals surface area contributed by atoms with E-state index in [0.29, 0.717) is 19.6 Å². The molecular formula is C18H20N2O6S. The second-order valence-electron chi connectivity index (χ2n) is 6.09. The van der Waals surface area contributed by atoms with Crippen molar-refractivity contribution >= 4 is 15.7 Å². The summed E-state index contributed by atoms with van der Waals surface area (Å²) in [6.07, 6.45) is 2.22. The Morgan fingerprint density at radius 3 is 2.59 bits per heavy atom. The summed E-state index contributed by atoms with van der Waals surface area (Å²) in [5.41, 5.74) is 0.845. The van der Waals surface area contributed by atoms with Gasteiger partial charge in [-0.3, -0.25) is 10.1 Å². The highest BCUT2D eigenvalue weighted by Gasteiger charge is 2.17. The molecule has 2 aromatic rings. The Morgan fingerprint density at radius 1 is 1.04 bits per heavy atom. The standard InChI is InChI=1S/C18H20N2O6S/c21-20(22)15-5-3-6-16(13-15)27(23,24)19-9-2-1-4-14-7-8-17-18(12-14)26-11-10-25-17/h3,5-8,12-13,19H,1-2,4,9-11H2. The zero-order valence-electron chi connectivity index (χ0n) is 14.6. The average molecular weight is 392 g/mol. The van der Waals surface area contributed by atoms with Gasteiger partial charge in [-0.2, -0.15) is 0 Å². The van der Waals surface area contributed by atoms with E-state index >= 15 is 0 Å². The van der Waals surface area contributed by atoms with Gasteiger partial charge in [0.15, 0.2) is 11.5 Å². The third-order valence-electron chi connectivity index (χ3n) is 4.13. The van der Waals surface area contributed by atoms with Crippen molar-refractivity contribution in [2.45, 2.75) is 24.2 Å². The van der Waals surface area contributed by atoms with Crippen molar-refractivity contribution in [1.29, 1.82) is 0 Å². The van der Waals surface area contributed by atoms with Gasteiger partial charge in [0.2, 0.25) is 10.0 Å². The molecular weight excluding hydrogens is 372 g/mol. The molecule has 1 N–H and O–H groups in total. The Bertz CT molecular complexity index is 929. The summed E-state index contributed by atoms with van der Waals surface area (Å²) in [4.78, 5) is 10.1. The molecule has 0 saturated heterocycles. The van der Waals surface area contributed by atoms with Crippen molar-refractivity contribution < 1.29 is 22.8 Å². The monoisotopic (exact) mass is 392 g/mol. The molecule has 0 saturated carbocycles. The fourth-order valence-electron chi connectivity index (χ4n) is 2.75. The number of ether oxygens (including phenoxy) is 2. The molecule has 27 heavy (non-hydrogen) atoms. The molecule has 1 heterocycles. The molecule has 0 unspecified atom stereocenters. The van der Waals surface area contributed by atoms with Gasteiger partial charge >= 0.3 is 0 Å². The van der Waals surface area contributed by atoms with E-state index in [4.69, 9.17) is 9.47 Å². The van der Waals surface area contributed by atoms with Crippen LogP contribution in [-0.4, -0.2) is 33.1 Å². The Hall–Kier alpha value is -2.65. The summed E-state index contributed by atoms with van der Waals surface area (Å²) < 4.78 is 38.0. The van der Waals surface area contributed by atoms with Crippen molar-refractivity contribution in [1.82, 2.24) is 4.72 Å². The third-order valence-corrected chi connectivity index (χ3v) is 5.59. The third kappa shape index (κ3) is 4.95. The summed E-state index contributed by atoms with van der Waals surface area (Å²) in [6.45, 7) is 1.35. The number of aryl methyl sites for hydroxylation is 1. The minimum absolute atomic E-state index is 0.108. The molecule has 0 amide bonds. The number of hydrogen-bond donors (Lipinski definition) is 1. The number of non-ortho nitro benzene ring substituents is 1. The van der Waals surface area contributed by atoms with Crippen molar-refractivity contribution in [2.24, 2.45) is 0 Å². The van der Waals surface area contributed by atoms with E-state index in [9.17, 15) is 18.5 Å². The van der Waals surface area contributed by atoms with E-state index in [1.54, 1.807) is 0 Å². The van der Waals surface area contributed by atoms with Crippen LogP contribution in [0.3, 0.4) is 0 Å². The van der Waals surface area contributed by atoms with Crippen LogP contribution in [-0.2, 0) is 16.4 Å². The number of nitro groups is 1. The lowest BCUT2D eigenvalue weighted by Gasteiger charge is -2.18. The van der Waals surface area contributed by atoms with E-state index in [2.05, 4.69) is 4.72 Å². The summed E-state index contributed by atoms with van der Waals surface area (Å²) in [6, 6.07) is 10.8. The van der Waals surface area contributed by atoms with Crippen LogP contribution >= 0.6 is 0 Å². The highest BCUT2D eigenvalue weighted by atomic mass is 32.2. The number of fused-ring (bicyclic) bond motifs is 1. The van der Waals surface area contributed by atoms with Gasteiger partial charge in [-0.05, 0) is 43.0 Å². The van der Waals surface area contributed by atoms with Crippen LogP contribution in [0.15, 0.2) is 47.4 Å². The summed E-state index contributed by atoms with van der Waals surface area (Å²) in [7, 11) is -3.76. The molecule has 9 heteroatoms. The normalized spacial score (nSPS) is 13.3. The number of nitrogens with one attached hydrogen (secondary N) is 1. The number of rotatable bonds is 8. The second kappa shape index (κ2) is 8.36. The molecule has 144 valence electrons. The molecule has 0 bridgehead atoms. The molecule has 0 radical (unpaired) electrons. The van der Waals surface area contributed by atoms with E-state index in [1.165, 1.54) is 18.2 Å². The first-order valence-electron chi connectivity index (χ1n) is 8.58. The van der Waals surface area contributed by atoms with Gasteiger partial charge in [0.05, 0.1) is 9.82 Å². The lowest BCUT2D eigenvalue weighted by Crippen LogP contribution is -2.24. The quantitative estimate of drug-likeness (QED) is 0.420. The first-order chi connectivity index (χ1) is 13.0. The molecule has 0 aliphatic carbocycles. The molecule has 0 aromatic heterocycles. The molecule has 0 spiro atoms. The van der Waals surface area contributed by atoms with Crippen LogP contribution in [0.4, 0.5) is 5.69 Å². The Labute approximate surface area is 157 Å². The lowest BCUT2D eigenvalue weighted by molar-refractivity contribution is -0.385. The maximum atomic E-state index is 12.2. The molecule has 2 aromatic carbocycles. The van der Waals surface area contributed by atoms with Gasteiger partial charge in [0.25, 0.3) is 5.69 Å². The van der Waals surface area contributed by atoms with Crippen LogP contribution in [0.25, 0.3) is 0 Å². The highest BCUT2D eigenvalue weighted by Crippen LogP contribution is 2.31. The van der Waals surface area contributed by atoms with Gasteiger partial charge in [-0.1, -0.05) is 12.1 Å². The molecule has 8 nitrogen and oxygen atoms in total. The Morgan fingerprint density at radius 2 is 1.81 bits per heavy atom. The van der Waals surface area contributed by atoms with Gasteiger partial charge in [0, 0.05) is 18.7 Å². The average Bonchev–Trinajstić information content (AvgIpc) is 2.67. The number of nitro benzene ring substituents is 1. The van der Waals surface area contributed by atoms with Crippen molar-refractivity contribution in [3.05, 3.63) is 58.1 Å². The minimum atomic E-state index is -3.76. The first-order valence-corrected chi connectivity index (χ1v) is 10.1. The van der Waals surface area contributed by atoms with Crippen LogP contribution in [0.2, 0.25) is 0 Å². The molecule has 0 atom stereocenters. The number of benzene rings is 2. The number of sulfonamides is 1. The number of nitrogens with zero attached hydrogens (tertiary/aromatic N) is 1. The molecule has 0 fully saturated rings. The van der Waals surface area contributed by atoms with Gasteiger partial charge in [-0.15, -0.1) is 0 Å². The fraction of sp³-hybridized carbons (Fsp3) is 0.333. The fourth-order valence-corrected chi connectivity index (χ4v) is 3.86. The lowest BCUT2D eigenvalue weighted by atomic mass is 10.1. The first kappa shape index (κ1) is 19.1. The Balaban J connectivity index is 1.48. The van der Waals surface area contributed by atoms with Crippen LogP contribution < -0.4 is 14.2 Å². The second-order valence-corrected chi connectivity index (χ2v) is 7.85. The zero-order chi connectivity index (χ0) is 19.3. The van der Waals surface area contributed by atoms with Crippen LogP contribution in [0.1, 0.15) is 18.4 Å². The molecule has 1 aliphatic rings. The van der Waals surface area contributed by atoms with Crippen molar-refractivity contribution in [3.8, 4) is 11.5 Å². The van der Waals surface area contributed by atoms with E-state index in [1.807, 2.05) is 18.2 Å². The zero-order valence-corrected chi connectivity index (χ0v) is 15.4. The van der Waals surface area contributed by atoms with Gasteiger partial charge in [-0.25, -0.2) is 13.1 Å². The highest BCUT2D eigenvalue weighted by molar-refractivity contribution is 7.89. The smallest absolute Gasteiger partial charge is 0.270 e. The maximum absolute atomic E-state index is 12.2. The van der Waals surface area contributed by atoms with Gasteiger partial charge in [0.1, 0.15) is 13.2 Å². The van der Waals surface area contributed by atoms with E-state index < -0.39 is 14.9 Å².